The molecule has 0 aliphatic heterocycles. The van der Waals surface area contributed by atoms with E-state index >= 15 is 0 Å². The lowest BCUT2D eigenvalue weighted by Gasteiger charge is -2.12. The summed E-state index contributed by atoms with van der Waals surface area (Å²) in [6, 6.07) is 6.01. The Kier molecular flexibility index (Phi) is 5.26. The standard InChI is InChI=1S/C17H24N2O2/c1-4-12(5-2)17(20)18-9-8-13-11-19-16-10-14(21-3)6-7-15(13)16/h6-7,10-12,19H,4-5,8-9H2,1-3H3,(H,18,20). The van der Waals surface area contributed by atoms with E-state index in [2.05, 4.69) is 30.2 Å². The zero-order chi connectivity index (χ0) is 15.2. The third-order valence-corrected chi connectivity index (χ3v) is 4.02. The number of hydrogen-bond acceptors (Lipinski definition) is 2. The number of carbonyl (C=O) groups is 1. The number of amides is 1. The number of nitrogens with one attached hydrogen (secondary N) is 2. The number of fused-ring (bicyclic) bond motifs is 1. The summed E-state index contributed by atoms with van der Waals surface area (Å²) in [7, 11) is 1.67. The van der Waals surface area contributed by atoms with Crippen LogP contribution in [-0.2, 0) is 11.2 Å². The van der Waals surface area contributed by atoms with Gasteiger partial charge in [-0.25, -0.2) is 0 Å². The van der Waals surface area contributed by atoms with Crippen molar-refractivity contribution in [2.24, 2.45) is 5.92 Å². The van der Waals surface area contributed by atoms with Gasteiger partial charge < -0.3 is 15.0 Å². The highest BCUT2D eigenvalue weighted by atomic mass is 16.5. The van der Waals surface area contributed by atoms with E-state index in [4.69, 9.17) is 4.74 Å². The zero-order valence-corrected chi connectivity index (χ0v) is 13.0. The predicted molar refractivity (Wildman–Crippen MR) is 85.6 cm³/mol. The smallest absolute Gasteiger partial charge is 0.223 e. The first-order valence-electron chi connectivity index (χ1n) is 7.61. The molecule has 4 heteroatoms. The maximum absolute atomic E-state index is 11.9. The van der Waals surface area contributed by atoms with Crippen molar-refractivity contribution >= 4 is 16.8 Å². The molecule has 21 heavy (non-hydrogen) atoms. The molecule has 0 unspecified atom stereocenters. The minimum Gasteiger partial charge on any atom is -0.497 e. The van der Waals surface area contributed by atoms with E-state index in [9.17, 15) is 4.79 Å². The summed E-state index contributed by atoms with van der Waals surface area (Å²) in [4.78, 5) is 15.2. The average molecular weight is 288 g/mol. The van der Waals surface area contributed by atoms with Crippen molar-refractivity contribution in [3.63, 3.8) is 0 Å². The van der Waals surface area contributed by atoms with Crippen LogP contribution in [0.3, 0.4) is 0 Å². The van der Waals surface area contributed by atoms with Crippen LogP contribution in [0.2, 0.25) is 0 Å². The molecule has 0 bridgehead atoms. The van der Waals surface area contributed by atoms with Crippen LogP contribution >= 0.6 is 0 Å². The number of hydrogen-bond donors (Lipinski definition) is 2. The van der Waals surface area contributed by atoms with E-state index in [1.54, 1.807) is 7.11 Å². The fourth-order valence-electron chi connectivity index (χ4n) is 2.62. The molecular formula is C17H24N2O2. The summed E-state index contributed by atoms with van der Waals surface area (Å²) in [6.45, 7) is 4.79. The number of H-pyrrole nitrogens is 1. The molecule has 0 radical (unpaired) electrons. The Hall–Kier alpha value is -1.97. The van der Waals surface area contributed by atoms with Crippen LogP contribution in [0.5, 0.6) is 5.75 Å². The lowest BCUT2D eigenvalue weighted by atomic mass is 10.0. The molecule has 1 amide bonds. The molecule has 0 fully saturated rings. The number of rotatable bonds is 7. The lowest BCUT2D eigenvalue weighted by Crippen LogP contribution is -2.31. The molecule has 0 saturated heterocycles. The molecule has 0 atom stereocenters. The Balaban J connectivity index is 1.96. The first-order chi connectivity index (χ1) is 10.2. The summed E-state index contributed by atoms with van der Waals surface area (Å²) in [5, 5.41) is 4.22. The molecule has 0 spiro atoms. The minimum atomic E-state index is 0.136. The highest BCUT2D eigenvalue weighted by Crippen LogP contribution is 2.23. The topological polar surface area (TPSA) is 54.1 Å². The summed E-state index contributed by atoms with van der Waals surface area (Å²) in [5.41, 5.74) is 2.29. The van der Waals surface area contributed by atoms with Crippen LogP contribution < -0.4 is 10.1 Å². The second kappa shape index (κ2) is 7.16. The molecule has 2 N–H and O–H groups in total. The molecule has 2 rings (SSSR count). The molecule has 0 aliphatic carbocycles. The SMILES string of the molecule is CCC(CC)C(=O)NCCc1c[nH]c2cc(OC)ccc12. The maximum atomic E-state index is 11.9. The van der Waals surface area contributed by atoms with Gasteiger partial charge in [-0.2, -0.15) is 0 Å². The molecule has 0 saturated carbocycles. The van der Waals surface area contributed by atoms with Crippen molar-refractivity contribution in [2.75, 3.05) is 13.7 Å². The summed E-state index contributed by atoms with van der Waals surface area (Å²) < 4.78 is 5.22. The van der Waals surface area contributed by atoms with Crippen molar-refractivity contribution in [1.29, 1.82) is 0 Å². The van der Waals surface area contributed by atoms with Gasteiger partial charge >= 0.3 is 0 Å². The molecule has 2 aromatic rings. The van der Waals surface area contributed by atoms with Crippen LogP contribution in [0.15, 0.2) is 24.4 Å². The van der Waals surface area contributed by atoms with Crippen molar-refractivity contribution in [1.82, 2.24) is 10.3 Å². The van der Waals surface area contributed by atoms with Crippen molar-refractivity contribution < 1.29 is 9.53 Å². The summed E-state index contributed by atoms with van der Waals surface area (Å²) in [5.74, 6) is 1.15. The fourth-order valence-corrected chi connectivity index (χ4v) is 2.62. The van der Waals surface area contributed by atoms with Crippen LogP contribution in [0, 0.1) is 5.92 Å². The van der Waals surface area contributed by atoms with Crippen LogP contribution in [0.4, 0.5) is 0 Å². The van der Waals surface area contributed by atoms with Gasteiger partial charge in [-0.15, -0.1) is 0 Å². The Morgan fingerprint density at radius 2 is 2.10 bits per heavy atom. The van der Waals surface area contributed by atoms with Crippen LogP contribution in [-0.4, -0.2) is 24.5 Å². The predicted octanol–water partition coefficient (Wildman–Crippen LogP) is 3.27. The number of aromatic amines is 1. The molecular weight excluding hydrogens is 264 g/mol. The van der Waals surface area contributed by atoms with Gasteiger partial charge in [0.1, 0.15) is 5.75 Å². The normalized spacial score (nSPS) is 11.0. The average Bonchev–Trinajstić information content (AvgIpc) is 2.91. The number of ether oxygens (including phenoxy) is 1. The van der Waals surface area contributed by atoms with Gasteiger partial charge in [0.05, 0.1) is 7.11 Å². The van der Waals surface area contributed by atoms with E-state index in [-0.39, 0.29) is 11.8 Å². The van der Waals surface area contributed by atoms with Crippen LogP contribution in [0.1, 0.15) is 32.3 Å². The number of benzene rings is 1. The molecule has 0 aliphatic rings. The first-order valence-corrected chi connectivity index (χ1v) is 7.61. The number of aromatic nitrogens is 1. The van der Waals surface area contributed by atoms with E-state index in [0.29, 0.717) is 6.54 Å². The summed E-state index contributed by atoms with van der Waals surface area (Å²) >= 11 is 0. The molecule has 4 nitrogen and oxygen atoms in total. The van der Waals surface area contributed by atoms with Crippen molar-refractivity contribution in [2.45, 2.75) is 33.1 Å². The first kappa shape index (κ1) is 15.4. The van der Waals surface area contributed by atoms with Crippen LogP contribution in [0.25, 0.3) is 10.9 Å². The van der Waals surface area contributed by atoms with Crippen molar-refractivity contribution in [3.8, 4) is 5.75 Å². The van der Waals surface area contributed by atoms with Gasteiger partial charge in [0.2, 0.25) is 5.91 Å². The lowest BCUT2D eigenvalue weighted by molar-refractivity contribution is -0.125. The Bertz CT molecular complexity index is 600. The van der Waals surface area contributed by atoms with Gasteiger partial charge in [-0.3, -0.25) is 4.79 Å². The van der Waals surface area contributed by atoms with E-state index in [1.165, 1.54) is 10.9 Å². The molecule has 114 valence electrons. The summed E-state index contributed by atoms with van der Waals surface area (Å²) in [6.07, 6.45) is 4.63. The third kappa shape index (κ3) is 3.57. The third-order valence-electron chi connectivity index (χ3n) is 4.02. The fraction of sp³-hybridized carbons (Fsp3) is 0.471. The van der Waals surface area contributed by atoms with E-state index < -0.39 is 0 Å². The molecule has 1 heterocycles. The van der Waals surface area contributed by atoms with Gasteiger partial charge in [-0.1, -0.05) is 13.8 Å². The Labute approximate surface area is 125 Å². The van der Waals surface area contributed by atoms with Crippen molar-refractivity contribution in [3.05, 3.63) is 30.0 Å². The maximum Gasteiger partial charge on any atom is 0.223 e. The van der Waals surface area contributed by atoms with E-state index in [0.717, 1.165) is 30.5 Å². The van der Waals surface area contributed by atoms with Gasteiger partial charge in [0, 0.05) is 35.6 Å². The Morgan fingerprint density at radius 3 is 2.76 bits per heavy atom. The number of carbonyl (C=O) groups excluding carboxylic acids is 1. The Morgan fingerprint density at radius 1 is 1.33 bits per heavy atom. The van der Waals surface area contributed by atoms with Gasteiger partial charge in [-0.05, 0) is 37.0 Å². The van der Waals surface area contributed by atoms with Gasteiger partial charge in [0.15, 0.2) is 0 Å². The number of methoxy groups -OCH3 is 1. The largest absolute Gasteiger partial charge is 0.497 e. The minimum absolute atomic E-state index is 0.136. The monoisotopic (exact) mass is 288 g/mol. The molecule has 1 aromatic heterocycles. The highest BCUT2D eigenvalue weighted by Gasteiger charge is 2.13. The van der Waals surface area contributed by atoms with Gasteiger partial charge in [0.25, 0.3) is 0 Å². The van der Waals surface area contributed by atoms with E-state index in [1.807, 2.05) is 18.3 Å². The quantitative estimate of drug-likeness (QED) is 0.821. The highest BCUT2D eigenvalue weighted by molar-refractivity contribution is 5.84. The second-order valence-electron chi connectivity index (χ2n) is 5.28. The molecule has 1 aromatic carbocycles. The second-order valence-corrected chi connectivity index (χ2v) is 5.28. The zero-order valence-electron chi connectivity index (χ0n) is 13.0.